The average Bonchev–Trinajstić information content (AvgIpc) is 2.72. The summed E-state index contributed by atoms with van der Waals surface area (Å²) in [6, 6.07) is 5.73. The number of carbonyl (C=O) groups is 1. The van der Waals surface area contributed by atoms with Crippen LogP contribution in [-0.2, 0) is 22.1 Å². The standard InChI is InChI=1S/C20H23ClF3N5O2/c1-3-13-8-14(29-7-6-25-9-15(29)11-31-12(2)30)4-5-17(13)27-19-26-10-16(18(21)28-19)20(22,23)24/h4-5,8,10,15,25H,3,6-7,9,11H2,1-2H3,(H,26,27,28)/t15-/m1/s1. The van der Waals surface area contributed by atoms with Crippen LogP contribution >= 0.6 is 11.6 Å². The summed E-state index contributed by atoms with van der Waals surface area (Å²) in [4.78, 5) is 20.8. The molecule has 3 rings (SSSR count). The van der Waals surface area contributed by atoms with Crippen molar-refractivity contribution in [1.29, 1.82) is 0 Å². The highest BCUT2D eigenvalue weighted by Gasteiger charge is 2.34. The maximum absolute atomic E-state index is 12.9. The summed E-state index contributed by atoms with van der Waals surface area (Å²) >= 11 is 5.69. The molecule has 0 amide bonds. The Kier molecular flexibility index (Phi) is 7.22. The third-order valence-corrected chi connectivity index (χ3v) is 5.21. The molecule has 1 fully saturated rings. The Morgan fingerprint density at radius 1 is 1.42 bits per heavy atom. The van der Waals surface area contributed by atoms with Crippen molar-refractivity contribution >= 4 is 34.9 Å². The second-order valence-electron chi connectivity index (χ2n) is 7.07. The highest BCUT2D eigenvalue weighted by molar-refractivity contribution is 6.30. The zero-order valence-corrected chi connectivity index (χ0v) is 17.8. The van der Waals surface area contributed by atoms with Crippen LogP contribution in [0.3, 0.4) is 0 Å². The Bertz CT molecular complexity index is 942. The average molecular weight is 458 g/mol. The van der Waals surface area contributed by atoms with Gasteiger partial charge in [0.1, 0.15) is 17.3 Å². The Labute approximate surface area is 183 Å². The lowest BCUT2D eigenvalue weighted by atomic mass is 10.1. The van der Waals surface area contributed by atoms with Crippen molar-refractivity contribution in [3.8, 4) is 0 Å². The lowest BCUT2D eigenvalue weighted by Crippen LogP contribution is -2.53. The molecule has 1 aromatic carbocycles. The SMILES string of the molecule is CCc1cc(N2CCNC[C@@H]2COC(C)=O)ccc1Nc1ncc(C(F)(F)F)c(Cl)n1. The fourth-order valence-corrected chi connectivity index (χ4v) is 3.60. The molecule has 0 bridgehead atoms. The third-order valence-electron chi connectivity index (χ3n) is 4.92. The van der Waals surface area contributed by atoms with E-state index in [9.17, 15) is 18.0 Å². The number of piperazine rings is 1. The first-order valence-electron chi connectivity index (χ1n) is 9.79. The molecule has 0 radical (unpaired) electrons. The van der Waals surface area contributed by atoms with E-state index in [-0.39, 0.29) is 24.6 Å². The largest absolute Gasteiger partial charge is 0.464 e. The van der Waals surface area contributed by atoms with Crippen LogP contribution in [0.15, 0.2) is 24.4 Å². The lowest BCUT2D eigenvalue weighted by Gasteiger charge is -2.38. The monoisotopic (exact) mass is 457 g/mol. The van der Waals surface area contributed by atoms with Gasteiger partial charge >= 0.3 is 12.1 Å². The van der Waals surface area contributed by atoms with Gasteiger partial charge in [0.25, 0.3) is 0 Å². The van der Waals surface area contributed by atoms with Crippen LogP contribution in [0.5, 0.6) is 0 Å². The van der Waals surface area contributed by atoms with Gasteiger partial charge in [0, 0.05) is 44.1 Å². The van der Waals surface area contributed by atoms with E-state index >= 15 is 0 Å². The molecule has 2 N–H and O–H groups in total. The molecule has 2 aromatic rings. The summed E-state index contributed by atoms with van der Waals surface area (Å²) in [6.45, 7) is 5.87. The minimum atomic E-state index is -4.61. The van der Waals surface area contributed by atoms with E-state index in [1.54, 1.807) is 0 Å². The fourth-order valence-electron chi connectivity index (χ4n) is 3.37. The predicted octanol–water partition coefficient (Wildman–Crippen LogP) is 3.80. The maximum Gasteiger partial charge on any atom is 0.420 e. The topological polar surface area (TPSA) is 79.4 Å². The van der Waals surface area contributed by atoms with Gasteiger partial charge in [-0.1, -0.05) is 18.5 Å². The molecular weight excluding hydrogens is 435 g/mol. The van der Waals surface area contributed by atoms with Crippen molar-refractivity contribution in [2.75, 3.05) is 36.5 Å². The molecule has 1 atom stereocenters. The predicted molar refractivity (Wildman–Crippen MR) is 112 cm³/mol. The number of rotatable bonds is 6. The van der Waals surface area contributed by atoms with Crippen LogP contribution in [0.25, 0.3) is 0 Å². The van der Waals surface area contributed by atoms with Crippen molar-refractivity contribution in [2.45, 2.75) is 32.5 Å². The Morgan fingerprint density at radius 3 is 2.84 bits per heavy atom. The van der Waals surface area contributed by atoms with E-state index in [1.165, 1.54) is 6.92 Å². The number of alkyl halides is 3. The van der Waals surface area contributed by atoms with E-state index in [2.05, 4.69) is 25.5 Å². The number of ether oxygens (including phenoxy) is 1. The number of carbonyl (C=O) groups excluding carboxylic acids is 1. The van der Waals surface area contributed by atoms with Gasteiger partial charge in [-0.2, -0.15) is 13.2 Å². The smallest absolute Gasteiger partial charge is 0.420 e. The van der Waals surface area contributed by atoms with Gasteiger partial charge in [-0.05, 0) is 30.2 Å². The number of nitrogens with one attached hydrogen (secondary N) is 2. The molecule has 168 valence electrons. The highest BCUT2D eigenvalue weighted by Crippen LogP contribution is 2.34. The van der Waals surface area contributed by atoms with Gasteiger partial charge in [0.2, 0.25) is 5.95 Å². The minimum Gasteiger partial charge on any atom is -0.464 e. The van der Waals surface area contributed by atoms with Gasteiger partial charge < -0.3 is 20.3 Å². The van der Waals surface area contributed by atoms with E-state index in [4.69, 9.17) is 16.3 Å². The number of esters is 1. The molecule has 1 saturated heterocycles. The van der Waals surface area contributed by atoms with E-state index < -0.39 is 16.9 Å². The van der Waals surface area contributed by atoms with Gasteiger partial charge in [0.15, 0.2) is 0 Å². The van der Waals surface area contributed by atoms with E-state index in [0.29, 0.717) is 24.8 Å². The van der Waals surface area contributed by atoms with E-state index in [0.717, 1.165) is 24.3 Å². The highest BCUT2D eigenvalue weighted by atomic mass is 35.5. The molecule has 11 heteroatoms. The van der Waals surface area contributed by atoms with Crippen molar-refractivity contribution < 1.29 is 22.7 Å². The number of hydrogen-bond acceptors (Lipinski definition) is 7. The van der Waals surface area contributed by atoms with Gasteiger partial charge in [0.05, 0.1) is 6.04 Å². The summed E-state index contributed by atoms with van der Waals surface area (Å²) < 4.78 is 43.8. The normalized spacial score (nSPS) is 16.8. The Hall–Kier alpha value is -2.59. The fraction of sp³-hybridized carbons (Fsp3) is 0.450. The summed E-state index contributed by atoms with van der Waals surface area (Å²) in [5, 5.41) is 5.59. The summed E-state index contributed by atoms with van der Waals surface area (Å²) in [5.74, 6) is -0.343. The number of hydrogen-bond donors (Lipinski definition) is 2. The molecule has 0 spiro atoms. The summed E-state index contributed by atoms with van der Waals surface area (Å²) in [6.07, 6.45) is -3.28. The van der Waals surface area contributed by atoms with Crippen molar-refractivity contribution in [3.05, 3.63) is 40.7 Å². The van der Waals surface area contributed by atoms with Crippen LogP contribution in [0.2, 0.25) is 5.15 Å². The zero-order chi connectivity index (χ0) is 22.6. The number of aryl methyl sites for hydroxylation is 1. The second kappa shape index (κ2) is 9.69. The molecule has 7 nitrogen and oxygen atoms in total. The second-order valence-corrected chi connectivity index (χ2v) is 7.43. The third kappa shape index (κ3) is 5.76. The lowest BCUT2D eigenvalue weighted by molar-refractivity contribution is -0.141. The van der Waals surface area contributed by atoms with Gasteiger partial charge in [-0.3, -0.25) is 4.79 Å². The first kappa shape index (κ1) is 23.1. The first-order chi connectivity index (χ1) is 14.7. The van der Waals surface area contributed by atoms with Crippen LogP contribution in [0, 0.1) is 0 Å². The summed E-state index contributed by atoms with van der Waals surface area (Å²) in [7, 11) is 0. The number of benzene rings is 1. The van der Waals surface area contributed by atoms with Crippen LogP contribution in [0.1, 0.15) is 25.0 Å². The van der Waals surface area contributed by atoms with Crippen LogP contribution in [-0.4, -0.2) is 48.2 Å². The number of nitrogens with zero attached hydrogens (tertiary/aromatic N) is 3. The van der Waals surface area contributed by atoms with Crippen LogP contribution in [0.4, 0.5) is 30.5 Å². The zero-order valence-electron chi connectivity index (χ0n) is 17.1. The molecule has 2 heterocycles. The molecular formula is C20H23ClF3N5O2. The molecule has 0 aliphatic carbocycles. The molecule has 31 heavy (non-hydrogen) atoms. The molecule has 1 aromatic heterocycles. The summed E-state index contributed by atoms with van der Waals surface area (Å²) in [5.41, 5.74) is 1.49. The van der Waals surface area contributed by atoms with E-state index in [1.807, 2.05) is 25.1 Å². The molecule has 1 aliphatic rings. The van der Waals surface area contributed by atoms with Crippen LogP contribution < -0.4 is 15.5 Å². The maximum atomic E-state index is 12.9. The molecule has 0 saturated carbocycles. The van der Waals surface area contributed by atoms with Crippen molar-refractivity contribution in [2.24, 2.45) is 0 Å². The number of anilines is 3. The van der Waals surface area contributed by atoms with Gasteiger partial charge in [-0.15, -0.1) is 0 Å². The Morgan fingerprint density at radius 2 is 2.19 bits per heavy atom. The quantitative estimate of drug-likeness (QED) is 0.504. The van der Waals surface area contributed by atoms with Crippen molar-refractivity contribution in [1.82, 2.24) is 15.3 Å². The number of halogens is 4. The minimum absolute atomic E-state index is 0.00165. The van der Waals surface area contributed by atoms with Gasteiger partial charge in [-0.25, -0.2) is 9.97 Å². The first-order valence-corrected chi connectivity index (χ1v) is 10.2. The van der Waals surface area contributed by atoms with Crippen molar-refractivity contribution in [3.63, 3.8) is 0 Å². The Balaban J connectivity index is 1.81. The molecule has 1 aliphatic heterocycles. The number of aromatic nitrogens is 2. The molecule has 0 unspecified atom stereocenters.